The van der Waals surface area contributed by atoms with Gasteiger partial charge in [0.1, 0.15) is 12.1 Å². The summed E-state index contributed by atoms with van der Waals surface area (Å²) in [5.41, 5.74) is 1.56. The molecule has 14 heavy (non-hydrogen) atoms. The summed E-state index contributed by atoms with van der Waals surface area (Å²) >= 11 is 0. The van der Waals surface area contributed by atoms with E-state index in [9.17, 15) is 4.39 Å². The van der Waals surface area contributed by atoms with E-state index in [1.165, 1.54) is 12.4 Å². The molecular formula is C10H12FN3. The van der Waals surface area contributed by atoms with Crippen molar-refractivity contribution in [3.8, 4) is 11.4 Å². The molecule has 0 unspecified atom stereocenters. The summed E-state index contributed by atoms with van der Waals surface area (Å²) in [6.45, 7) is 2.03. The van der Waals surface area contributed by atoms with Crippen LogP contribution in [0.1, 0.15) is 13.9 Å². The molecule has 0 amide bonds. The molecule has 0 saturated carbocycles. The molecule has 0 atom stereocenters. The van der Waals surface area contributed by atoms with Gasteiger partial charge < -0.3 is 0 Å². The van der Waals surface area contributed by atoms with Crippen LogP contribution in [0, 0.1) is 5.82 Å². The van der Waals surface area contributed by atoms with Crippen molar-refractivity contribution in [1.29, 1.82) is 0 Å². The molecule has 1 N–H and O–H groups in total. The van der Waals surface area contributed by atoms with Crippen LogP contribution in [0.25, 0.3) is 11.4 Å². The van der Waals surface area contributed by atoms with Crippen molar-refractivity contribution in [3.63, 3.8) is 0 Å². The second-order valence-corrected chi connectivity index (χ2v) is 3.00. The highest BCUT2D eigenvalue weighted by atomic mass is 19.1. The van der Waals surface area contributed by atoms with Crippen LogP contribution in [-0.4, -0.2) is 15.2 Å². The Hall–Kier alpha value is -1.71. The number of benzene rings is 1. The van der Waals surface area contributed by atoms with E-state index in [4.69, 9.17) is 0 Å². The van der Waals surface area contributed by atoms with Gasteiger partial charge in [0, 0.05) is 1.43 Å². The number of hydrogen-bond acceptors (Lipinski definition) is 2. The first-order valence-electron chi connectivity index (χ1n) is 4.45. The highest BCUT2D eigenvalue weighted by Gasteiger charge is 2.07. The lowest BCUT2D eigenvalue weighted by Gasteiger charge is -2.01. The third-order valence-corrected chi connectivity index (χ3v) is 2.11. The monoisotopic (exact) mass is 193 g/mol. The minimum atomic E-state index is -0.279. The number of nitrogens with zero attached hydrogens (tertiary/aromatic N) is 2. The number of nitrogens with one attached hydrogen (secondary N) is 1. The van der Waals surface area contributed by atoms with E-state index < -0.39 is 0 Å². The van der Waals surface area contributed by atoms with Crippen molar-refractivity contribution in [1.82, 2.24) is 15.2 Å². The predicted octanol–water partition coefficient (Wildman–Crippen LogP) is 2.42. The van der Waals surface area contributed by atoms with E-state index in [1.807, 2.05) is 6.92 Å². The summed E-state index contributed by atoms with van der Waals surface area (Å²) in [6, 6.07) is 5.02. The van der Waals surface area contributed by atoms with Crippen LogP contribution in [0.2, 0.25) is 0 Å². The van der Waals surface area contributed by atoms with Gasteiger partial charge in [-0.3, -0.25) is 5.10 Å². The van der Waals surface area contributed by atoms with Gasteiger partial charge in [-0.2, -0.15) is 5.10 Å². The van der Waals surface area contributed by atoms with Crippen molar-refractivity contribution in [3.05, 3.63) is 35.9 Å². The van der Waals surface area contributed by atoms with Crippen molar-refractivity contribution >= 4 is 0 Å². The molecule has 1 heterocycles. The molecule has 3 nitrogen and oxygen atoms in total. The van der Waals surface area contributed by atoms with Crippen LogP contribution in [0.5, 0.6) is 0 Å². The van der Waals surface area contributed by atoms with Gasteiger partial charge in [-0.25, -0.2) is 9.37 Å². The minimum Gasteiger partial charge on any atom is -0.259 e. The van der Waals surface area contributed by atoms with Crippen molar-refractivity contribution in [2.45, 2.75) is 13.3 Å². The molecule has 1 aromatic heterocycles. The first-order chi connectivity index (χ1) is 6.81. The molecule has 0 aliphatic heterocycles. The van der Waals surface area contributed by atoms with Crippen LogP contribution in [0.3, 0.4) is 0 Å². The zero-order valence-corrected chi connectivity index (χ0v) is 7.79. The molecule has 0 aliphatic carbocycles. The van der Waals surface area contributed by atoms with Gasteiger partial charge in [-0.05, 0) is 24.1 Å². The third-order valence-electron chi connectivity index (χ3n) is 2.11. The lowest BCUT2D eigenvalue weighted by molar-refractivity contribution is 0.629. The molecule has 0 radical (unpaired) electrons. The fraction of sp³-hybridized carbons (Fsp3) is 0.200. The summed E-state index contributed by atoms with van der Waals surface area (Å²) in [5, 5.41) is 6.34. The SMILES string of the molecule is CCc1ccc(F)c(-c2ncn[nH]2)c1.[HH]. The normalized spacial score (nSPS) is 10.4. The van der Waals surface area contributed by atoms with Gasteiger partial charge in [0.15, 0.2) is 5.82 Å². The van der Waals surface area contributed by atoms with E-state index in [1.54, 1.807) is 12.1 Å². The Morgan fingerprint density at radius 1 is 1.50 bits per heavy atom. The highest BCUT2D eigenvalue weighted by Crippen LogP contribution is 2.19. The van der Waals surface area contributed by atoms with E-state index in [-0.39, 0.29) is 7.24 Å². The molecule has 0 fully saturated rings. The summed E-state index contributed by atoms with van der Waals surface area (Å²) in [6.07, 6.45) is 2.24. The van der Waals surface area contributed by atoms with Gasteiger partial charge in [0.05, 0.1) is 5.56 Å². The maximum atomic E-state index is 13.4. The van der Waals surface area contributed by atoms with Gasteiger partial charge in [0.25, 0.3) is 0 Å². The van der Waals surface area contributed by atoms with Gasteiger partial charge >= 0.3 is 0 Å². The Labute approximate surface area is 82.5 Å². The third kappa shape index (κ3) is 1.51. The van der Waals surface area contributed by atoms with Gasteiger partial charge in [0.2, 0.25) is 0 Å². The fourth-order valence-electron chi connectivity index (χ4n) is 1.31. The molecule has 4 heteroatoms. The zero-order valence-electron chi connectivity index (χ0n) is 7.79. The summed E-state index contributed by atoms with van der Waals surface area (Å²) in [5.74, 6) is 0.191. The first-order valence-corrected chi connectivity index (χ1v) is 4.45. The number of aromatic nitrogens is 3. The van der Waals surface area contributed by atoms with Crippen molar-refractivity contribution in [2.75, 3.05) is 0 Å². The van der Waals surface area contributed by atoms with Crippen LogP contribution in [0.15, 0.2) is 24.5 Å². The topological polar surface area (TPSA) is 41.6 Å². The largest absolute Gasteiger partial charge is 0.259 e. The molecule has 2 rings (SSSR count). The summed E-state index contributed by atoms with van der Waals surface area (Å²) in [7, 11) is 0. The van der Waals surface area contributed by atoms with Crippen molar-refractivity contribution < 1.29 is 5.82 Å². The molecule has 0 aliphatic rings. The number of rotatable bonds is 2. The Balaban J connectivity index is 0.00000112. The van der Waals surface area contributed by atoms with Gasteiger partial charge in [-0.1, -0.05) is 13.0 Å². The Bertz CT molecular complexity index is 428. The standard InChI is InChI=1S/C10H10FN3.H2/c1-2-7-3-4-9(11)8(5-7)10-12-6-13-14-10;/h3-6H,2H2,1H3,(H,12,13,14);1H. The van der Waals surface area contributed by atoms with Crippen molar-refractivity contribution in [2.24, 2.45) is 0 Å². The Morgan fingerprint density at radius 3 is 3.00 bits per heavy atom. The molecule has 1 aromatic carbocycles. The maximum absolute atomic E-state index is 13.4. The number of halogens is 1. The summed E-state index contributed by atoms with van der Waals surface area (Å²) in [4.78, 5) is 3.92. The Morgan fingerprint density at radius 2 is 2.36 bits per heavy atom. The number of hydrogen-bond donors (Lipinski definition) is 1. The first kappa shape index (κ1) is 8.87. The number of H-pyrrole nitrogens is 1. The molecule has 0 saturated heterocycles. The quantitative estimate of drug-likeness (QED) is 0.795. The van der Waals surface area contributed by atoms with E-state index in [0.717, 1.165) is 12.0 Å². The average molecular weight is 193 g/mol. The van der Waals surface area contributed by atoms with E-state index in [0.29, 0.717) is 11.4 Å². The van der Waals surface area contributed by atoms with Crippen LogP contribution >= 0.6 is 0 Å². The lowest BCUT2D eigenvalue weighted by Crippen LogP contribution is -1.89. The molecule has 0 spiro atoms. The fourth-order valence-corrected chi connectivity index (χ4v) is 1.31. The van der Waals surface area contributed by atoms with E-state index in [2.05, 4.69) is 15.2 Å². The highest BCUT2D eigenvalue weighted by molar-refractivity contribution is 5.56. The average Bonchev–Trinajstić information content (AvgIpc) is 2.71. The number of aryl methyl sites for hydroxylation is 1. The van der Waals surface area contributed by atoms with Crippen LogP contribution in [-0.2, 0) is 6.42 Å². The molecule has 2 aromatic rings. The van der Waals surface area contributed by atoms with Crippen LogP contribution < -0.4 is 0 Å². The second-order valence-electron chi connectivity index (χ2n) is 3.00. The number of aromatic amines is 1. The maximum Gasteiger partial charge on any atom is 0.158 e. The molecule has 74 valence electrons. The second kappa shape index (κ2) is 3.57. The minimum absolute atomic E-state index is 0. The molecular weight excluding hydrogens is 181 g/mol. The Kier molecular flexibility index (Phi) is 2.26. The predicted molar refractivity (Wildman–Crippen MR) is 53.3 cm³/mol. The smallest absolute Gasteiger partial charge is 0.158 e. The zero-order chi connectivity index (χ0) is 9.97. The summed E-state index contributed by atoms with van der Waals surface area (Å²) < 4.78 is 13.4. The molecule has 0 bridgehead atoms. The van der Waals surface area contributed by atoms with Crippen LogP contribution in [0.4, 0.5) is 4.39 Å². The van der Waals surface area contributed by atoms with Gasteiger partial charge in [-0.15, -0.1) is 0 Å². The van der Waals surface area contributed by atoms with E-state index >= 15 is 0 Å². The lowest BCUT2D eigenvalue weighted by atomic mass is 10.1.